The lowest BCUT2D eigenvalue weighted by Gasteiger charge is -1.74. The van der Waals surface area contributed by atoms with Crippen LogP contribution in [0.25, 0.3) is 4.96 Å². The molecule has 0 spiro atoms. The van der Waals surface area contributed by atoms with Crippen molar-refractivity contribution in [3.8, 4) is 0 Å². The van der Waals surface area contributed by atoms with E-state index < -0.39 is 0 Å². The number of hydrogen-bond donors (Lipinski definition) is 0. The normalized spacial score (nSPS) is 8.91. The first-order chi connectivity index (χ1) is 5.47. The molecule has 2 aromatic rings. The maximum atomic E-state index is 4.06. The Labute approximate surface area is 69.5 Å². The summed E-state index contributed by atoms with van der Waals surface area (Å²) >= 11 is 1.39. The first-order valence-corrected chi connectivity index (χ1v) is 4.31. The predicted octanol–water partition coefficient (Wildman–Crippen LogP) is 1.30. The lowest BCUT2D eigenvalue weighted by Crippen LogP contribution is -2.16. The lowest BCUT2D eigenvalue weighted by molar-refractivity contribution is -0.512. The maximum absolute atomic E-state index is 4.06. The predicted molar refractivity (Wildman–Crippen MR) is 44.4 cm³/mol. The summed E-state index contributed by atoms with van der Waals surface area (Å²) in [4.78, 5) is 4.99. The standard InChI is InChI=1S/C5H4N3S.C2H6/c1-2-6-5-8(3-1)4-7-9-5;1-2/h1-4H;1-2H3/q+1;. The molecule has 0 aliphatic carbocycles. The average molecular weight is 168 g/mol. The van der Waals surface area contributed by atoms with Gasteiger partial charge in [0.25, 0.3) is 0 Å². The van der Waals surface area contributed by atoms with Crippen LogP contribution in [0.3, 0.4) is 0 Å². The highest BCUT2D eigenvalue weighted by Gasteiger charge is 1.99. The summed E-state index contributed by atoms with van der Waals surface area (Å²) in [6.45, 7) is 4.00. The van der Waals surface area contributed by atoms with Crippen molar-refractivity contribution < 1.29 is 4.40 Å². The Balaban J connectivity index is 0.000000281. The average Bonchev–Trinajstić information content (AvgIpc) is 2.55. The van der Waals surface area contributed by atoms with Crippen LogP contribution in [0.1, 0.15) is 13.8 Å². The summed E-state index contributed by atoms with van der Waals surface area (Å²) in [6.07, 6.45) is 5.42. The number of fused-ring (bicyclic) bond motifs is 1. The third-order valence-corrected chi connectivity index (χ3v) is 1.72. The fourth-order valence-corrected chi connectivity index (χ4v) is 1.20. The van der Waals surface area contributed by atoms with Crippen LogP contribution in [-0.2, 0) is 0 Å². The van der Waals surface area contributed by atoms with E-state index in [9.17, 15) is 0 Å². The third kappa shape index (κ3) is 1.71. The number of hydrogen-bond acceptors (Lipinski definition) is 3. The molecule has 2 rings (SSSR count). The van der Waals surface area contributed by atoms with Gasteiger partial charge >= 0.3 is 4.96 Å². The van der Waals surface area contributed by atoms with Crippen LogP contribution in [0.2, 0.25) is 0 Å². The molecule has 0 amide bonds. The highest BCUT2D eigenvalue weighted by atomic mass is 32.1. The van der Waals surface area contributed by atoms with Crippen molar-refractivity contribution in [3.05, 3.63) is 24.8 Å². The minimum absolute atomic E-state index is 0.928. The van der Waals surface area contributed by atoms with Gasteiger partial charge in [-0.05, 0) is 4.37 Å². The Hall–Kier alpha value is -1.03. The molecule has 11 heavy (non-hydrogen) atoms. The van der Waals surface area contributed by atoms with Crippen LogP contribution >= 0.6 is 11.5 Å². The van der Waals surface area contributed by atoms with E-state index in [1.807, 2.05) is 30.5 Å². The van der Waals surface area contributed by atoms with Crippen molar-refractivity contribution in [1.29, 1.82) is 0 Å². The Morgan fingerprint density at radius 1 is 1.45 bits per heavy atom. The first-order valence-electron chi connectivity index (χ1n) is 3.53. The summed E-state index contributed by atoms with van der Waals surface area (Å²) in [5.74, 6) is 0. The molecule has 58 valence electrons. The van der Waals surface area contributed by atoms with E-state index in [1.54, 1.807) is 12.5 Å². The van der Waals surface area contributed by atoms with Crippen molar-refractivity contribution in [2.45, 2.75) is 13.8 Å². The van der Waals surface area contributed by atoms with Gasteiger partial charge in [0, 0.05) is 6.07 Å². The molecule has 2 aromatic heterocycles. The number of rotatable bonds is 0. The van der Waals surface area contributed by atoms with Gasteiger partial charge < -0.3 is 0 Å². The smallest absolute Gasteiger partial charge is 0.194 e. The van der Waals surface area contributed by atoms with Gasteiger partial charge in [-0.25, -0.2) is 0 Å². The highest BCUT2D eigenvalue weighted by molar-refractivity contribution is 7.10. The summed E-state index contributed by atoms with van der Waals surface area (Å²) in [5.41, 5.74) is 0. The van der Waals surface area contributed by atoms with E-state index in [1.165, 1.54) is 11.5 Å². The molecule has 0 bridgehead atoms. The molecule has 0 atom stereocenters. The molecule has 0 aliphatic rings. The van der Waals surface area contributed by atoms with Crippen molar-refractivity contribution in [2.75, 3.05) is 0 Å². The Morgan fingerprint density at radius 2 is 2.27 bits per heavy atom. The van der Waals surface area contributed by atoms with Gasteiger partial charge in [-0.15, -0.1) is 0 Å². The molecule has 0 saturated heterocycles. The zero-order valence-corrected chi connectivity index (χ0v) is 7.38. The molecule has 2 heterocycles. The van der Waals surface area contributed by atoms with Crippen LogP contribution in [0.4, 0.5) is 0 Å². The van der Waals surface area contributed by atoms with Crippen molar-refractivity contribution in [3.63, 3.8) is 0 Å². The molecule has 0 unspecified atom stereocenters. The number of aromatic nitrogens is 3. The van der Waals surface area contributed by atoms with Crippen LogP contribution in [0.5, 0.6) is 0 Å². The van der Waals surface area contributed by atoms with Crippen molar-refractivity contribution in [2.24, 2.45) is 0 Å². The largest absolute Gasteiger partial charge is 0.358 e. The van der Waals surface area contributed by atoms with Crippen molar-refractivity contribution >= 4 is 16.5 Å². The van der Waals surface area contributed by atoms with Crippen LogP contribution in [-0.4, -0.2) is 9.36 Å². The molecular formula is C7H10N3S+. The van der Waals surface area contributed by atoms with Crippen molar-refractivity contribution in [1.82, 2.24) is 9.36 Å². The van der Waals surface area contributed by atoms with Gasteiger partial charge in [0.2, 0.25) is 6.33 Å². The SMILES string of the molecule is CC.c1cnc2snc[n+]2c1. The van der Waals surface area contributed by atoms with Gasteiger partial charge in [-0.2, -0.15) is 4.40 Å². The molecule has 3 nitrogen and oxygen atoms in total. The molecule has 0 saturated carbocycles. The zero-order chi connectivity index (χ0) is 8.10. The molecular weight excluding hydrogens is 158 g/mol. The Kier molecular flexibility index (Phi) is 2.92. The minimum atomic E-state index is 0.928. The quantitative estimate of drug-likeness (QED) is 0.555. The van der Waals surface area contributed by atoms with Gasteiger partial charge in [0.05, 0.1) is 6.20 Å². The number of nitrogens with zero attached hydrogens (tertiary/aromatic N) is 3. The Morgan fingerprint density at radius 3 is 3.00 bits per heavy atom. The van der Waals surface area contributed by atoms with E-state index in [-0.39, 0.29) is 0 Å². The molecule has 0 N–H and O–H groups in total. The first kappa shape index (κ1) is 8.07. The molecule has 0 aromatic carbocycles. The van der Waals surface area contributed by atoms with Crippen LogP contribution in [0.15, 0.2) is 24.8 Å². The zero-order valence-electron chi connectivity index (χ0n) is 6.56. The fourth-order valence-electron chi connectivity index (χ4n) is 0.649. The molecule has 4 heteroatoms. The highest BCUT2D eigenvalue weighted by Crippen LogP contribution is 1.92. The second-order valence-corrected chi connectivity index (χ2v) is 2.38. The minimum Gasteiger partial charge on any atom is -0.194 e. The Bertz CT molecular complexity index is 288. The van der Waals surface area contributed by atoms with Gasteiger partial charge in [0.1, 0.15) is 17.7 Å². The van der Waals surface area contributed by atoms with Gasteiger partial charge in [0.15, 0.2) is 0 Å². The van der Waals surface area contributed by atoms with Crippen LogP contribution < -0.4 is 4.40 Å². The summed E-state index contributed by atoms with van der Waals surface area (Å²) in [5, 5.41) is 0. The fraction of sp³-hybridized carbons (Fsp3) is 0.286. The van der Waals surface area contributed by atoms with Crippen LogP contribution in [0, 0.1) is 0 Å². The van der Waals surface area contributed by atoms with E-state index in [4.69, 9.17) is 0 Å². The molecule has 0 fully saturated rings. The molecule has 0 radical (unpaired) electrons. The third-order valence-electron chi connectivity index (χ3n) is 1.04. The lowest BCUT2D eigenvalue weighted by atomic mass is 10.7. The topological polar surface area (TPSA) is 29.9 Å². The second-order valence-electron chi connectivity index (χ2n) is 1.62. The summed E-state index contributed by atoms with van der Waals surface area (Å²) in [7, 11) is 0. The monoisotopic (exact) mass is 168 g/mol. The van der Waals surface area contributed by atoms with E-state index in [0.717, 1.165) is 4.96 Å². The maximum Gasteiger partial charge on any atom is 0.358 e. The van der Waals surface area contributed by atoms with Gasteiger partial charge in [-0.3, -0.25) is 0 Å². The van der Waals surface area contributed by atoms with E-state index in [2.05, 4.69) is 9.36 Å². The second kappa shape index (κ2) is 3.98. The summed E-state index contributed by atoms with van der Waals surface area (Å²) < 4.78 is 5.82. The molecule has 0 aliphatic heterocycles. The van der Waals surface area contributed by atoms with Gasteiger partial charge in [-0.1, -0.05) is 18.8 Å². The van der Waals surface area contributed by atoms with E-state index in [0.29, 0.717) is 0 Å². The van der Waals surface area contributed by atoms with E-state index >= 15 is 0 Å². The summed E-state index contributed by atoms with van der Waals surface area (Å²) in [6, 6.07) is 1.88.